The molecular formula is C19H24O3. The Hall–Kier alpha value is -2.23. The molecule has 0 aromatic heterocycles. The molecule has 0 aliphatic rings. The van der Waals surface area contributed by atoms with Gasteiger partial charge in [-0.3, -0.25) is 4.79 Å². The van der Waals surface area contributed by atoms with E-state index in [1.165, 1.54) is 19.8 Å². The highest BCUT2D eigenvalue weighted by Gasteiger charge is 1.90. The molecule has 0 amide bonds. The van der Waals surface area contributed by atoms with Gasteiger partial charge in [0.2, 0.25) is 0 Å². The van der Waals surface area contributed by atoms with Crippen molar-refractivity contribution in [1.29, 1.82) is 0 Å². The molecule has 3 heteroatoms. The van der Waals surface area contributed by atoms with E-state index in [1.807, 2.05) is 12.2 Å². The first-order chi connectivity index (χ1) is 10.7. The number of hydrogen-bond acceptors (Lipinski definition) is 3. The molecule has 1 atom stereocenters. The van der Waals surface area contributed by atoms with Crippen LogP contribution in [0.3, 0.4) is 0 Å². The van der Waals surface area contributed by atoms with E-state index in [2.05, 4.69) is 35.0 Å². The quantitative estimate of drug-likeness (QED) is 0.308. The Labute approximate surface area is 133 Å². The Bertz CT molecular complexity index is 492. The molecule has 22 heavy (non-hydrogen) atoms. The zero-order chi connectivity index (χ0) is 16.5. The Morgan fingerprint density at radius 1 is 1.23 bits per heavy atom. The second-order valence-electron chi connectivity index (χ2n) is 4.54. The molecule has 0 aromatic carbocycles. The maximum absolute atomic E-state index is 10.5. The SMILES string of the molecule is C=CCCCCC/C=C\C(O)C#CC#C/C=C/COC(C)=O. The van der Waals surface area contributed by atoms with Crippen molar-refractivity contribution in [3.8, 4) is 23.7 Å². The molecule has 0 fully saturated rings. The molecule has 0 heterocycles. The van der Waals surface area contributed by atoms with E-state index < -0.39 is 6.10 Å². The zero-order valence-corrected chi connectivity index (χ0v) is 13.2. The summed E-state index contributed by atoms with van der Waals surface area (Å²) in [5.41, 5.74) is 0. The largest absolute Gasteiger partial charge is 0.462 e. The van der Waals surface area contributed by atoms with Crippen LogP contribution in [-0.4, -0.2) is 23.8 Å². The summed E-state index contributed by atoms with van der Waals surface area (Å²) >= 11 is 0. The number of carbonyl (C=O) groups excluding carboxylic acids is 1. The summed E-state index contributed by atoms with van der Waals surface area (Å²) in [4.78, 5) is 10.5. The fourth-order valence-corrected chi connectivity index (χ4v) is 1.46. The van der Waals surface area contributed by atoms with Crippen LogP contribution < -0.4 is 0 Å². The minimum absolute atomic E-state index is 0.204. The Morgan fingerprint density at radius 2 is 2.00 bits per heavy atom. The first kappa shape index (κ1) is 19.8. The number of rotatable bonds is 9. The average Bonchev–Trinajstić information content (AvgIpc) is 2.48. The molecule has 118 valence electrons. The molecule has 0 radical (unpaired) electrons. The second-order valence-corrected chi connectivity index (χ2v) is 4.54. The van der Waals surface area contributed by atoms with Gasteiger partial charge in [0.25, 0.3) is 0 Å². The minimum atomic E-state index is -0.785. The third kappa shape index (κ3) is 15.8. The highest BCUT2D eigenvalue weighted by Crippen LogP contribution is 2.04. The lowest BCUT2D eigenvalue weighted by Crippen LogP contribution is -1.97. The molecule has 0 aromatic rings. The summed E-state index contributed by atoms with van der Waals surface area (Å²) in [5.74, 6) is 10.1. The monoisotopic (exact) mass is 300 g/mol. The average molecular weight is 300 g/mol. The summed E-state index contributed by atoms with van der Waals surface area (Å²) < 4.78 is 4.69. The van der Waals surface area contributed by atoms with Crippen LogP contribution in [0.1, 0.15) is 39.0 Å². The van der Waals surface area contributed by atoms with Crippen LogP contribution in [0.15, 0.2) is 37.0 Å². The van der Waals surface area contributed by atoms with Crippen molar-refractivity contribution in [3.63, 3.8) is 0 Å². The number of aliphatic hydroxyl groups is 1. The summed E-state index contributed by atoms with van der Waals surface area (Å²) in [6.45, 7) is 5.24. The highest BCUT2D eigenvalue weighted by molar-refractivity contribution is 5.66. The maximum atomic E-state index is 10.5. The molecule has 0 aliphatic carbocycles. The van der Waals surface area contributed by atoms with Crippen molar-refractivity contribution < 1.29 is 14.6 Å². The number of allylic oxidation sites excluding steroid dienone is 3. The van der Waals surface area contributed by atoms with Crippen molar-refractivity contribution in [1.82, 2.24) is 0 Å². The number of hydrogen-bond donors (Lipinski definition) is 1. The normalized spacial score (nSPS) is 11.4. The third-order valence-corrected chi connectivity index (χ3v) is 2.54. The molecule has 0 aliphatic heterocycles. The fourth-order valence-electron chi connectivity index (χ4n) is 1.46. The lowest BCUT2D eigenvalue weighted by molar-refractivity contribution is -0.139. The van der Waals surface area contributed by atoms with Crippen molar-refractivity contribution in [2.75, 3.05) is 6.61 Å². The van der Waals surface area contributed by atoms with Gasteiger partial charge < -0.3 is 9.84 Å². The van der Waals surface area contributed by atoms with E-state index in [-0.39, 0.29) is 12.6 Å². The number of esters is 1. The topological polar surface area (TPSA) is 46.5 Å². The van der Waals surface area contributed by atoms with E-state index in [0.29, 0.717) is 0 Å². The van der Waals surface area contributed by atoms with Gasteiger partial charge >= 0.3 is 5.97 Å². The van der Waals surface area contributed by atoms with Crippen LogP contribution in [0.5, 0.6) is 0 Å². The molecule has 0 spiro atoms. The van der Waals surface area contributed by atoms with Gasteiger partial charge in [-0.15, -0.1) is 6.58 Å². The van der Waals surface area contributed by atoms with E-state index in [0.717, 1.165) is 19.3 Å². The molecular weight excluding hydrogens is 276 g/mol. The Kier molecular flexibility index (Phi) is 13.6. The minimum Gasteiger partial charge on any atom is -0.462 e. The van der Waals surface area contributed by atoms with Crippen molar-refractivity contribution >= 4 is 5.97 Å². The van der Waals surface area contributed by atoms with Gasteiger partial charge in [-0.05, 0) is 55.8 Å². The molecule has 3 nitrogen and oxygen atoms in total. The maximum Gasteiger partial charge on any atom is 0.302 e. The number of unbranched alkanes of at least 4 members (excludes halogenated alkanes) is 4. The fraction of sp³-hybridized carbons (Fsp3) is 0.421. The van der Waals surface area contributed by atoms with Crippen LogP contribution in [0.2, 0.25) is 0 Å². The third-order valence-electron chi connectivity index (χ3n) is 2.54. The van der Waals surface area contributed by atoms with Gasteiger partial charge in [0.1, 0.15) is 12.7 Å². The summed E-state index contributed by atoms with van der Waals surface area (Å²) in [6.07, 6.45) is 13.4. The predicted octanol–water partition coefficient (Wildman–Crippen LogP) is 3.17. The highest BCUT2D eigenvalue weighted by atomic mass is 16.5. The smallest absolute Gasteiger partial charge is 0.302 e. The van der Waals surface area contributed by atoms with E-state index in [4.69, 9.17) is 0 Å². The van der Waals surface area contributed by atoms with Crippen LogP contribution in [0.25, 0.3) is 0 Å². The molecule has 0 saturated heterocycles. The number of ether oxygens (including phenoxy) is 1. The van der Waals surface area contributed by atoms with Gasteiger partial charge in [0.15, 0.2) is 0 Å². The van der Waals surface area contributed by atoms with Gasteiger partial charge in [-0.2, -0.15) is 0 Å². The lowest BCUT2D eigenvalue weighted by Gasteiger charge is -1.95. The lowest BCUT2D eigenvalue weighted by atomic mass is 10.1. The van der Waals surface area contributed by atoms with Crippen LogP contribution in [-0.2, 0) is 9.53 Å². The molecule has 0 rings (SSSR count). The molecule has 1 unspecified atom stereocenters. The van der Waals surface area contributed by atoms with Crippen LogP contribution in [0, 0.1) is 23.7 Å². The molecule has 0 bridgehead atoms. The molecule has 1 N–H and O–H groups in total. The van der Waals surface area contributed by atoms with Crippen molar-refractivity contribution in [3.05, 3.63) is 37.0 Å². The van der Waals surface area contributed by atoms with Crippen molar-refractivity contribution in [2.45, 2.75) is 45.1 Å². The summed E-state index contributed by atoms with van der Waals surface area (Å²) in [6, 6.07) is 0. The van der Waals surface area contributed by atoms with E-state index >= 15 is 0 Å². The predicted molar refractivity (Wildman–Crippen MR) is 89.8 cm³/mol. The first-order valence-corrected chi connectivity index (χ1v) is 7.42. The summed E-state index contributed by atoms with van der Waals surface area (Å²) in [5, 5.41) is 9.57. The molecule has 0 saturated carbocycles. The first-order valence-electron chi connectivity index (χ1n) is 7.42. The summed E-state index contributed by atoms with van der Waals surface area (Å²) in [7, 11) is 0. The van der Waals surface area contributed by atoms with Gasteiger partial charge in [0, 0.05) is 6.92 Å². The van der Waals surface area contributed by atoms with Crippen LogP contribution >= 0.6 is 0 Å². The van der Waals surface area contributed by atoms with E-state index in [9.17, 15) is 9.90 Å². The number of aliphatic hydroxyl groups excluding tert-OH is 1. The van der Waals surface area contributed by atoms with E-state index in [1.54, 1.807) is 18.2 Å². The Morgan fingerprint density at radius 3 is 2.73 bits per heavy atom. The second kappa shape index (κ2) is 15.2. The van der Waals surface area contributed by atoms with Crippen molar-refractivity contribution in [2.24, 2.45) is 0 Å². The van der Waals surface area contributed by atoms with Gasteiger partial charge in [-0.1, -0.05) is 30.4 Å². The standard InChI is InChI=1S/C19H24O3/c1-3-4-5-6-7-9-12-15-19(21)16-13-10-8-11-14-17-22-18(2)20/h3,11-12,14-15,19,21H,1,4-7,9,17H2,2H3/b14-11+,15-12-. The van der Waals surface area contributed by atoms with Crippen LogP contribution in [0.4, 0.5) is 0 Å². The Balaban J connectivity index is 3.81. The van der Waals surface area contributed by atoms with Gasteiger partial charge in [0.05, 0.1) is 0 Å². The number of carbonyl (C=O) groups is 1. The zero-order valence-electron chi connectivity index (χ0n) is 13.2. The van der Waals surface area contributed by atoms with Gasteiger partial charge in [-0.25, -0.2) is 0 Å².